The molecule has 4 aromatic rings. The maximum atomic E-state index is 10.7. The zero-order valence-electron chi connectivity index (χ0n) is 20.0. The fourth-order valence-corrected chi connectivity index (χ4v) is 6.75. The largest absolute Gasteiger partial charge is 0.490 e. The van der Waals surface area contributed by atoms with E-state index in [4.69, 9.17) is 4.74 Å². The van der Waals surface area contributed by atoms with E-state index in [0.29, 0.717) is 25.1 Å². The van der Waals surface area contributed by atoms with Gasteiger partial charge < -0.3 is 14.8 Å². The van der Waals surface area contributed by atoms with Crippen LogP contribution in [0.5, 0.6) is 5.75 Å². The van der Waals surface area contributed by atoms with Crippen LogP contribution in [-0.2, 0) is 0 Å². The Bertz CT molecular complexity index is 1270. The van der Waals surface area contributed by atoms with Gasteiger partial charge in [-0.05, 0) is 99.8 Å². The summed E-state index contributed by atoms with van der Waals surface area (Å²) < 4.78 is 7.44. The predicted octanol–water partition coefficient (Wildman–Crippen LogP) is 6.32. The number of fused-ring (bicyclic) bond motifs is 2. The summed E-state index contributed by atoms with van der Waals surface area (Å²) in [5.74, 6) is 1.44. The third-order valence-electron chi connectivity index (χ3n) is 7.06. The first-order valence-electron chi connectivity index (χ1n) is 12.0. The number of aryl methyl sites for hydroxylation is 3. The van der Waals surface area contributed by atoms with Crippen molar-refractivity contribution in [1.82, 2.24) is 9.88 Å². The number of H-pyrrole nitrogens is 1. The number of aromatic amines is 1. The molecule has 2 aromatic heterocycles. The van der Waals surface area contributed by atoms with Crippen LogP contribution in [0.25, 0.3) is 21.0 Å². The van der Waals surface area contributed by atoms with Crippen molar-refractivity contribution in [2.24, 2.45) is 0 Å². The quantitative estimate of drug-likeness (QED) is 0.353. The zero-order valence-corrected chi connectivity index (χ0v) is 20.8. The van der Waals surface area contributed by atoms with Gasteiger partial charge in [-0.15, -0.1) is 11.3 Å². The Morgan fingerprint density at radius 1 is 1.15 bits per heavy atom. The van der Waals surface area contributed by atoms with Gasteiger partial charge in [-0.1, -0.05) is 12.1 Å². The van der Waals surface area contributed by atoms with Crippen molar-refractivity contribution in [2.45, 2.75) is 58.6 Å². The standard InChI is InChI=1S/C28H34N2O2S/c1-17-10-18(2)23-14-27(33-28(23)11-17)21-8-9-30(20(4)13-21)15-22(31)16-32-26-7-5-6-25-24(26)12-19(3)29-25/h5-7,10-12,14,20-22,29,31H,8-9,13,15-16H2,1-4H3/t20-,21+,22+/m1/s1. The molecule has 0 amide bonds. The molecule has 0 unspecified atom stereocenters. The van der Waals surface area contributed by atoms with Gasteiger partial charge in [0.15, 0.2) is 0 Å². The van der Waals surface area contributed by atoms with Gasteiger partial charge in [0, 0.05) is 38.8 Å². The van der Waals surface area contributed by atoms with E-state index in [1.54, 1.807) is 0 Å². The van der Waals surface area contributed by atoms with Crippen LogP contribution >= 0.6 is 11.3 Å². The van der Waals surface area contributed by atoms with E-state index < -0.39 is 6.10 Å². The Kier molecular flexibility index (Phi) is 6.21. The minimum absolute atomic E-state index is 0.310. The third kappa shape index (κ3) is 4.68. The summed E-state index contributed by atoms with van der Waals surface area (Å²) in [4.78, 5) is 7.28. The summed E-state index contributed by atoms with van der Waals surface area (Å²) in [6, 6.07) is 15.6. The van der Waals surface area contributed by atoms with Gasteiger partial charge in [0.05, 0.1) is 0 Å². The third-order valence-corrected chi connectivity index (χ3v) is 8.30. The molecule has 174 valence electrons. The number of ether oxygens (including phenoxy) is 1. The van der Waals surface area contributed by atoms with Gasteiger partial charge in [0.2, 0.25) is 0 Å². The maximum absolute atomic E-state index is 10.7. The molecule has 0 aliphatic carbocycles. The first-order valence-corrected chi connectivity index (χ1v) is 12.8. The minimum atomic E-state index is -0.505. The fourth-order valence-electron chi connectivity index (χ4n) is 5.36. The number of piperidine rings is 1. The minimum Gasteiger partial charge on any atom is -0.490 e. The molecule has 0 radical (unpaired) electrons. The normalized spacial score (nSPS) is 20.5. The van der Waals surface area contributed by atoms with E-state index in [1.165, 1.54) is 26.1 Å². The van der Waals surface area contributed by atoms with Gasteiger partial charge >= 0.3 is 0 Å². The lowest BCUT2D eigenvalue weighted by Gasteiger charge is -2.38. The van der Waals surface area contributed by atoms with Crippen molar-refractivity contribution in [1.29, 1.82) is 0 Å². The van der Waals surface area contributed by atoms with Crippen molar-refractivity contribution in [2.75, 3.05) is 19.7 Å². The average Bonchev–Trinajstić information content (AvgIpc) is 3.36. The molecular formula is C28H34N2O2S. The molecule has 1 aliphatic rings. The number of hydrogen-bond donors (Lipinski definition) is 2. The fraction of sp³-hybridized carbons (Fsp3) is 0.429. The molecule has 1 aliphatic heterocycles. The Morgan fingerprint density at radius 2 is 2.00 bits per heavy atom. The van der Waals surface area contributed by atoms with Crippen LogP contribution < -0.4 is 4.74 Å². The lowest BCUT2D eigenvalue weighted by Crippen LogP contribution is -2.45. The Morgan fingerprint density at radius 3 is 2.82 bits per heavy atom. The predicted molar refractivity (Wildman–Crippen MR) is 139 cm³/mol. The molecule has 0 bridgehead atoms. The van der Waals surface area contributed by atoms with E-state index in [2.05, 4.69) is 61.0 Å². The number of aliphatic hydroxyl groups excluding tert-OH is 1. The Hall–Kier alpha value is -2.34. The smallest absolute Gasteiger partial charge is 0.128 e. The molecule has 3 atom stereocenters. The van der Waals surface area contributed by atoms with Gasteiger partial charge in [-0.2, -0.15) is 0 Å². The topological polar surface area (TPSA) is 48.5 Å². The number of hydrogen-bond acceptors (Lipinski definition) is 4. The molecule has 33 heavy (non-hydrogen) atoms. The molecule has 4 nitrogen and oxygen atoms in total. The van der Waals surface area contributed by atoms with Crippen LogP contribution in [0.1, 0.15) is 47.4 Å². The van der Waals surface area contributed by atoms with E-state index >= 15 is 0 Å². The molecule has 0 saturated carbocycles. The highest BCUT2D eigenvalue weighted by atomic mass is 32.1. The van der Waals surface area contributed by atoms with Crippen LogP contribution in [0.4, 0.5) is 0 Å². The molecule has 0 spiro atoms. The summed E-state index contributed by atoms with van der Waals surface area (Å²) >= 11 is 1.97. The number of thiophene rings is 1. The van der Waals surface area contributed by atoms with Crippen molar-refractivity contribution in [3.63, 3.8) is 0 Å². The molecule has 2 N–H and O–H groups in total. The number of rotatable bonds is 6. The summed E-state index contributed by atoms with van der Waals surface area (Å²) in [5.41, 5.74) is 4.91. The van der Waals surface area contributed by atoms with Crippen molar-refractivity contribution >= 4 is 32.3 Å². The Balaban J connectivity index is 1.18. The number of aromatic nitrogens is 1. The molecule has 2 aromatic carbocycles. The number of β-amino-alcohol motifs (C(OH)–C–C–N with tert-alkyl or cyclic N) is 1. The number of likely N-dealkylation sites (tertiary alicyclic amines) is 1. The van der Waals surface area contributed by atoms with E-state index in [1.807, 2.05) is 30.4 Å². The highest BCUT2D eigenvalue weighted by Gasteiger charge is 2.29. The van der Waals surface area contributed by atoms with Crippen molar-refractivity contribution < 1.29 is 9.84 Å². The second-order valence-electron chi connectivity index (χ2n) is 9.84. The van der Waals surface area contributed by atoms with Gasteiger partial charge in [0.25, 0.3) is 0 Å². The van der Waals surface area contributed by atoms with Crippen LogP contribution in [0.3, 0.4) is 0 Å². The number of nitrogens with zero attached hydrogens (tertiary/aromatic N) is 1. The highest BCUT2D eigenvalue weighted by Crippen LogP contribution is 2.39. The summed E-state index contributed by atoms with van der Waals surface area (Å²) in [7, 11) is 0. The number of aliphatic hydroxyl groups is 1. The second-order valence-corrected chi connectivity index (χ2v) is 11.0. The number of benzene rings is 2. The highest BCUT2D eigenvalue weighted by molar-refractivity contribution is 7.19. The molecule has 1 fully saturated rings. The SMILES string of the molecule is Cc1cc(C)c2cc([C@H]3CCN(C[C@H](O)COc4cccc5[nH]c(C)cc45)[C@H](C)C3)sc2c1. The summed E-state index contributed by atoms with van der Waals surface area (Å²) in [6.45, 7) is 10.7. The first kappa shape index (κ1) is 22.5. The molecule has 5 rings (SSSR count). The van der Waals surface area contributed by atoms with Crippen LogP contribution in [-0.4, -0.2) is 46.8 Å². The summed E-state index contributed by atoms with van der Waals surface area (Å²) in [5, 5.41) is 13.2. The monoisotopic (exact) mass is 462 g/mol. The zero-order chi connectivity index (χ0) is 23.1. The number of nitrogens with one attached hydrogen (secondary N) is 1. The first-order chi connectivity index (χ1) is 15.9. The van der Waals surface area contributed by atoms with Crippen LogP contribution in [0, 0.1) is 20.8 Å². The van der Waals surface area contributed by atoms with Gasteiger partial charge in [-0.25, -0.2) is 0 Å². The van der Waals surface area contributed by atoms with Gasteiger partial charge in [-0.3, -0.25) is 4.90 Å². The average molecular weight is 463 g/mol. The van der Waals surface area contributed by atoms with Crippen molar-refractivity contribution in [3.05, 3.63) is 64.2 Å². The molecule has 1 saturated heterocycles. The second kappa shape index (κ2) is 9.13. The Labute approximate surface area is 200 Å². The van der Waals surface area contributed by atoms with Crippen molar-refractivity contribution in [3.8, 4) is 5.75 Å². The molecule has 3 heterocycles. The maximum Gasteiger partial charge on any atom is 0.128 e. The van der Waals surface area contributed by atoms with Crippen LogP contribution in [0.15, 0.2) is 42.5 Å². The molecular weight excluding hydrogens is 428 g/mol. The van der Waals surface area contributed by atoms with E-state index in [9.17, 15) is 5.11 Å². The van der Waals surface area contributed by atoms with E-state index in [-0.39, 0.29) is 0 Å². The molecule has 5 heteroatoms. The lowest BCUT2D eigenvalue weighted by molar-refractivity contribution is 0.0408. The summed E-state index contributed by atoms with van der Waals surface area (Å²) in [6.07, 6.45) is 1.78. The van der Waals surface area contributed by atoms with Crippen LogP contribution in [0.2, 0.25) is 0 Å². The van der Waals surface area contributed by atoms with Gasteiger partial charge in [0.1, 0.15) is 18.5 Å². The van der Waals surface area contributed by atoms with E-state index in [0.717, 1.165) is 41.7 Å². The lowest BCUT2D eigenvalue weighted by atomic mass is 9.89.